The van der Waals surface area contributed by atoms with Crippen molar-refractivity contribution in [1.29, 1.82) is 0 Å². The minimum atomic E-state index is -0.270. The molecule has 0 aromatic carbocycles. The second-order valence-corrected chi connectivity index (χ2v) is 6.17. The van der Waals surface area contributed by atoms with Crippen LogP contribution in [0.1, 0.15) is 51.0 Å². The van der Waals surface area contributed by atoms with Crippen LogP contribution in [0.3, 0.4) is 0 Å². The molecule has 0 radical (unpaired) electrons. The van der Waals surface area contributed by atoms with Crippen LogP contribution in [0.4, 0.5) is 0 Å². The Labute approximate surface area is 140 Å². The topological polar surface area (TPSA) is 37.7 Å². The van der Waals surface area contributed by atoms with Crippen molar-refractivity contribution in [3.63, 3.8) is 0 Å². The van der Waals surface area contributed by atoms with Gasteiger partial charge in [-0.05, 0) is 58.1 Å². The van der Waals surface area contributed by atoms with E-state index in [0.29, 0.717) is 6.61 Å². The zero-order chi connectivity index (χ0) is 16.8. The SMILES string of the molecule is CCOC(=O)C(c1ccc(CN(CC)CC)n1C)N1CCCC1. The molecule has 1 unspecified atom stereocenters. The Kier molecular flexibility index (Phi) is 6.66. The van der Waals surface area contributed by atoms with Gasteiger partial charge in [0.15, 0.2) is 0 Å². The number of carbonyl (C=O) groups is 1. The first-order valence-electron chi connectivity index (χ1n) is 8.89. The standard InChI is InChI=1S/C18H31N3O2/c1-5-20(6-2)14-15-10-11-16(19(15)4)17(18(22)23-7-3)21-12-8-9-13-21/h10-11,17H,5-9,12-14H2,1-4H3. The summed E-state index contributed by atoms with van der Waals surface area (Å²) in [5.41, 5.74) is 2.30. The second kappa shape index (κ2) is 8.50. The maximum atomic E-state index is 12.5. The van der Waals surface area contributed by atoms with Gasteiger partial charge in [-0.1, -0.05) is 13.8 Å². The van der Waals surface area contributed by atoms with Gasteiger partial charge in [-0.3, -0.25) is 9.80 Å². The van der Waals surface area contributed by atoms with E-state index in [9.17, 15) is 4.79 Å². The zero-order valence-corrected chi connectivity index (χ0v) is 15.0. The summed E-state index contributed by atoms with van der Waals surface area (Å²) < 4.78 is 7.53. The molecule has 0 aliphatic carbocycles. The summed E-state index contributed by atoms with van der Waals surface area (Å²) in [6, 6.07) is 3.97. The third-order valence-electron chi connectivity index (χ3n) is 4.84. The molecule has 1 aliphatic heterocycles. The van der Waals surface area contributed by atoms with Crippen LogP contribution >= 0.6 is 0 Å². The highest BCUT2D eigenvalue weighted by molar-refractivity contribution is 5.77. The van der Waals surface area contributed by atoms with E-state index < -0.39 is 0 Å². The van der Waals surface area contributed by atoms with Crippen molar-refractivity contribution in [1.82, 2.24) is 14.4 Å². The fourth-order valence-corrected chi connectivity index (χ4v) is 3.36. The summed E-state index contributed by atoms with van der Waals surface area (Å²) in [5, 5.41) is 0. The van der Waals surface area contributed by atoms with Gasteiger partial charge in [0.05, 0.1) is 6.61 Å². The molecule has 1 aliphatic rings. The van der Waals surface area contributed by atoms with Gasteiger partial charge in [0.1, 0.15) is 6.04 Å². The summed E-state index contributed by atoms with van der Waals surface area (Å²) in [7, 11) is 2.07. The number of likely N-dealkylation sites (tertiary alicyclic amines) is 1. The number of ether oxygens (including phenoxy) is 1. The molecule has 0 amide bonds. The van der Waals surface area contributed by atoms with Crippen LogP contribution in [-0.2, 0) is 23.1 Å². The molecule has 0 N–H and O–H groups in total. The first-order valence-corrected chi connectivity index (χ1v) is 8.89. The number of carbonyl (C=O) groups excluding carboxylic acids is 1. The number of hydrogen-bond donors (Lipinski definition) is 0. The molecule has 2 rings (SSSR count). The van der Waals surface area contributed by atoms with Crippen molar-refractivity contribution in [2.75, 3.05) is 32.8 Å². The maximum absolute atomic E-state index is 12.5. The van der Waals surface area contributed by atoms with Gasteiger partial charge >= 0.3 is 5.97 Å². The first-order chi connectivity index (χ1) is 11.1. The molecule has 0 saturated carbocycles. The molecule has 1 atom stereocenters. The van der Waals surface area contributed by atoms with Gasteiger partial charge in [0.25, 0.3) is 0 Å². The Morgan fingerprint density at radius 2 is 1.87 bits per heavy atom. The number of rotatable bonds is 8. The van der Waals surface area contributed by atoms with Gasteiger partial charge in [-0.15, -0.1) is 0 Å². The number of esters is 1. The van der Waals surface area contributed by atoms with Crippen molar-refractivity contribution < 1.29 is 9.53 Å². The number of hydrogen-bond acceptors (Lipinski definition) is 4. The lowest BCUT2D eigenvalue weighted by molar-refractivity contribution is -0.149. The minimum Gasteiger partial charge on any atom is -0.465 e. The predicted octanol–water partition coefficient (Wildman–Crippen LogP) is 2.57. The number of nitrogens with zero attached hydrogens (tertiary/aromatic N) is 3. The van der Waals surface area contributed by atoms with Crippen molar-refractivity contribution >= 4 is 5.97 Å². The fraction of sp³-hybridized carbons (Fsp3) is 0.722. The van der Waals surface area contributed by atoms with E-state index in [1.54, 1.807) is 0 Å². The van der Waals surface area contributed by atoms with Crippen LogP contribution in [0, 0.1) is 0 Å². The van der Waals surface area contributed by atoms with Crippen LogP contribution in [0.2, 0.25) is 0 Å². The van der Waals surface area contributed by atoms with E-state index in [4.69, 9.17) is 4.74 Å². The van der Waals surface area contributed by atoms with E-state index in [0.717, 1.165) is 51.3 Å². The molecule has 1 saturated heterocycles. The van der Waals surface area contributed by atoms with Crippen LogP contribution in [0.15, 0.2) is 12.1 Å². The highest BCUT2D eigenvalue weighted by Crippen LogP contribution is 2.28. The highest BCUT2D eigenvalue weighted by Gasteiger charge is 2.33. The normalized spacial score (nSPS) is 16.9. The largest absolute Gasteiger partial charge is 0.465 e. The van der Waals surface area contributed by atoms with Gasteiger partial charge in [-0.25, -0.2) is 4.79 Å². The molecule has 5 heteroatoms. The molecule has 1 fully saturated rings. The average Bonchev–Trinajstić information content (AvgIpc) is 3.18. The molecule has 0 bridgehead atoms. The molecule has 0 spiro atoms. The van der Waals surface area contributed by atoms with E-state index >= 15 is 0 Å². The molecule has 130 valence electrons. The molecule has 1 aromatic rings. The van der Waals surface area contributed by atoms with Crippen molar-refractivity contribution in [2.45, 2.75) is 46.2 Å². The van der Waals surface area contributed by atoms with Gasteiger partial charge in [0, 0.05) is 25.0 Å². The monoisotopic (exact) mass is 321 g/mol. The Morgan fingerprint density at radius 3 is 2.43 bits per heavy atom. The van der Waals surface area contributed by atoms with E-state index in [1.807, 2.05) is 6.92 Å². The maximum Gasteiger partial charge on any atom is 0.329 e. The van der Waals surface area contributed by atoms with E-state index in [2.05, 4.69) is 47.4 Å². The summed E-state index contributed by atoms with van der Waals surface area (Å²) in [6.45, 7) is 11.6. The lowest BCUT2D eigenvalue weighted by Gasteiger charge is -2.27. The van der Waals surface area contributed by atoms with Gasteiger partial charge in [0.2, 0.25) is 0 Å². The smallest absolute Gasteiger partial charge is 0.329 e. The van der Waals surface area contributed by atoms with E-state index in [1.165, 1.54) is 5.69 Å². The third kappa shape index (κ3) is 4.15. The van der Waals surface area contributed by atoms with Crippen molar-refractivity contribution in [3.8, 4) is 0 Å². The minimum absolute atomic E-state index is 0.120. The van der Waals surface area contributed by atoms with Gasteiger partial charge in [-0.2, -0.15) is 0 Å². The summed E-state index contributed by atoms with van der Waals surface area (Å²) in [4.78, 5) is 17.2. The molecule has 5 nitrogen and oxygen atoms in total. The number of aromatic nitrogens is 1. The second-order valence-electron chi connectivity index (χ2n) is 6.17. The van der Waals surface area contributed by atoms with Crippen molar-refractivity contribution in [2.24, 2.45) is 7.05 Å². The average molecular weight is 321 g/mol. The Hall–Kier alpha value is -1.33. The molecule has 1 aromatic heterocycles. The van der Waals surface area contributed by atoms with E-state index in [-0.39, 0.29) is 12.0 Å². The van der Waals surface area contributed by atoms with Crippen LogP contribution in [-0.4, -0.2) is 53.1 Å². The first kappa shape index (κ1) is 18.0. The predicted molar refractivity (Wildman–Crippen MR) is 92.2 cm³/mol. The van der Waals surface area contributed by atoms with Crippen molar-refractivity contribution in [3.05, 3.63) is 23.5 Å². The van der Waals surface area contributed by atoms with Crippen LogP contribution in [0.25, 0.3) is 0 Å². The summed E-state index contributed by atoms with van der Waals surface area (Å²) >= 11 is 0. The highest BCUT2D eigenvalue weighted by atomic mass is 16.5. The lowest BCUT2D eigenvalue weighted by atomic mass is 10.2. The molecular formula is C18H31N3O2. The fourth-order valence-electron chi connectivity index (χ4n) is 3.36. The molecule has 2 heterocycles. The molecule has 23 heavy (non-hydrogen) atoms. The van der Waals surface area contributed by atoms with Gasteiger partial charge < -0.3 is 9.30 Å². The zero-order valence-electron chi connectivity index (χ0n) is 15.0. The Balaban J connectivity index is 2.24. The lowest BCUT2D eigenvalue weighted by Crippen LogP contribution is -2.34. The summed E-state index contributed by atoms with van der Waals surface area (Å²) in [5.74, 6) is -0.120. The third-order valence-corrected chi connectivity index (χ3v) is 4.84. The Morgan fingerprint density at radius 1 is 1.22 bits per heavy atom. The molecular weight excluding hydrogens is 290 g/mol. The quantitative estimate of drug-likeness (QED) is 0.690. The Bertz CT molecular complexity index is 502. The van der Waals surface area contributed by atoms with Crippen LogP contribution < -0.4 is 0 Å². The summed E-state index contributed by atoms with van der Waals surface area (Å²) in [6.07, 6.45) is 2.32. The van der Waals surface area contributed by atoms with Crippen LogP contribution in [0.5, 0.6) is 0 Å².